The molecule has 0 atom stereocenters. The van der Waals surface area contributed by atoms with Crippen molar-refractivity contribution in [2.75, 3.05) is 0 Å². The van der Waals surface area contributed by atoms with Crippen LogP contribution >= 0.6 is 0 Å². The average Bonchev–Trinajstić information content (AvgIpc) is 2.13. The fourth-order valence-electron chi connectivity index (χ4n) is 0.423. The van der Waals surface area contributed by atoms with Crippen LogP contribution in [-0.4, -0.2) is 6.18 Å². The molecule has 0 bridgehead atoms. The summed E-state index contributed by atoms with van der Waals surface area (Å²) in [5, 5.41) is 0. The van der Waals surface area contributed by atoms with E-state index >= 15 is 0 Å². The van der Waals surface area contributed by atoms with Crippen molar-refractivity contribution >= 4 is 0 Å². The molecule has 0 rings (SSSR count). The summed E-state index contributed by atoms with van der Waals surface area (Å²) in [6, 6.07) is 0. The number of allylic oxidation sites excluding steroid dienone is 5. The molecule has 0 N–H and O–H groups in total. The predicted molar refractivity (Wildman–Crippen MR) is 59.7 cm³/mol. The molecule has 0 fully saturated rings. The first-order chi connectivity index (χ1) is 6.79. The van der Waals surface area contributed by atoms with Crippen molar-refractivity contribution < 1.29 is 13.2 Å². The van der Waals surface area contributed by atoms with Crippen LogP contribution in [0.1, 0.15) is 34.1 Å². The normalized spacial score (nSPS) is 12.3. The van der Waals surface area contributed by atoms with Gasteiger partial charge in [-0.1, -0.05) is 50.6 Å². The van der Waals surface area contributed by atoms with Crippen molar-refractivity contribution in [2.24, 2.45) is 0 Å². The first-order valence-corrected chi connectivity index (χ1v) is 4.86. The molecule has 15 heavy (non-hydrogen) atoms. The smallest absolute Gasteiger partial charge is 0.166 e. The molecule has 0 radical (unpaired) electrons. The van der Waals surface area contributed by atoms with Crippen molar-refractivity contribution in [1.82, 2.24) is 0 Å². The van der Waals surface area contributed by atoms with Crippen LogP contribution in [0.25, 0.3) is 0 Å². The van der Waals surface area contributed by atoms with Crippen molar-refractivity contribution in [3.63, 3.8) is 0 Å². The first-order valence-electron chi connectivity index (χ1n) is 4.86. The first kappa shape index (κ1) is 16.4. The van der Waals surface area contributed by atoms with Gasteiger partial charge in [0, 0.05) is 5.57 Å². The van der Waals surface area contributed by atoms with Crippen LogP contribution in [0.2, 0.25) is 0 Å². The van der Waals surface area contributed by atoms with Crippen molar-refractivity contribution in [3.8, 4) is 0 Å². The van der Waals surface area contributed by atoms with Crippen LogP contribution in [0.3, 0.4) is 0 Å². The minimum atomic E-state index is -4.31. The van der Waals surface area contributed by atoms with E-state index < -0.39 is 11.7 Å². The van der Waals surface area contributed by atoms with Gasteiger partial charge in [0.2, 0.25) is 0 Å². The summed E-state index contributed by atoms with van der Waals surface area (Å²) in [5.74, 6) is 0. The van der Waals surface area contributed by atoms with Crippen LogP contribution in [0, 0.1) is 0 Å². The van der Waals surface area contributed by atoms with Gasteiger partial charge in [0.25, 0.3) is 0 Å². The summed E-state index contributed by atoms with van der Waals surface area (Å²) in [6.07, 6.45) is 1.01. The number of alkyl halides is 3. The molecule has 0 saturated carbocycles. The molecule has 88 valence electrons. The van der Waals surface area contributed by atoms with E-state index in [0.717, 1.165) is 11.6 Å². The van der Waals surface area contributed by atoms with Gasteiger partial charge >= 0.3 is 6.18 Å². The third-order valence-electron chi connectivity index (χ3n) is 1.37. The number of halogens is 3. The van der Waals surface area contributed by atoms with E-state index in [-0.39, 0.29) is 0 Å². The van der Waals surface area contributed by atoms with Gasteiger partial charge in [-0.05, 0) is 13.8 Å². The standard InChI is InChI=1S/C9H11F3.C3H8/c1-4-7(2)5-6-8(3)9(10,11)12;1-3-2/h4-6H,3H2,1-2H3;3H2,1-2H3/b6-5-,7-4-;. The highest BCUT2D eigenvalue weighted by Crippen LogP contribution is 2.24. The Morgan fingerprint density at radius 2 is 1.60 bits per heavy atom. The van der Waals surface area contributed by atoms with E-state index in [1.54, 1.807) is 19.9 Å². The molecule has 0 aromatic carbocycles. The summed E-state index contributed by atoms with van der Waals surface area (Å²) in [6.45, 7) is 10.6. The van der Waals surface area contributed by atoms with Gasteiger partial charge in [-0.3, -0.25) is 0 Å². The summed E-state index contributed by atoms with van der Waals surface area (Å²) < 4.78 is 35.5. The lowest BCUT2D eigenvalue weighted by Crippen LogP contribution is -2.08. The Bertz CT molecular complexity index is 232. The second-order valence-electron chi connectivity index (χ2n) is 3.10. The van der Waals surface area contributed by atoms with Gasteiger partial charge in [0.15, 0.2) is 0 Å². The molecular weight excluding hydrogens is 201 g/mol. The minimum absolute atomic E-state index is 0.778. The van der Waals surface area contributed by atoms with Crippen LogP contribution < -0.4 is 0 Å². The summed E-state index contributed by atoms with van der Waals surface area (Å²) in [4.78, 5) is 0. The Morgan fingerprint density at radius 1 is 1.20 bits per heavy atom. The lowest BCUT2D eigenvalue weighted by Gasteiger charge is -2.04. The zero-order chi connectivity index (χ0) is 12.5. The minimum Gasteiger partial charge on any atom is -0.166 e. The van der Waals surface area contributed by atoms with Crippen molar-refractivity contribution in [2.45, 2.75) is 40.3 Å². The molecule has 0 aliphatic rings. The lowest BCUT2D eigenvalue weighted by molar-refractivity contribution is -0.0878. The highest BCUT2D eigenvalue weighted by Gasteiger charge is 2.29. The number of hydrogen-bond acceptors (Lipinski definition) is 0. The predicted octanol–water partition coefficient (Wildman–Crippen LogP) is 5.04. The molecular formula is C12H19F3. The molecule has 0 heterocycles. The van der Waals surface area contributed by atoms with Crippen molar-refractivity contribution in [1.29, 1.82) is 0 Å². The lowest BCUT2D eigenvalue weighted by atomic mass is 10.2. The third kappa shape index (κ3) is 10.9. The van der Waals surface area contributed by atoms with E-state index in [1.165, 1.54) is 12.5 Å². The fraction of sp³-hybridized carbons (Fsp3) is 0.500. The number of hydrogen-bond donors (Lipinski definition) is 0. The second-order valence-corrected chi connectivity index (χ2v) is 3.10. The third-order valence-corrected chi connectivity index (χ3v) is 1.37. The molecule has 0 aliphatic carbocycles. The van der Waals surface area contributed by atoms with Gasteiger partial charge < -0.3 is 0 Å². The Kier molecular flexibility index (Phi) is 9.13. The largest absolute Gasteiger partial charge is 0.415 e. The molecule has 0 unspecified atom stereocenters. The van der Waals surface area contributed by atoms with E-state index in [2.05, 4.69) is 20.4 Å². The molecule has 0 saturated heterocycles. The maximum Gasteiger partial charge on any atom is 0.415 e. The monoisotopic (exact) mass is 220 g/mol. The van der Waals surface area contributed by atoms with Crippen LogP contribution in [-0.2, 0) is 0 Å². The Balaban J connectivity index is 0. The zero-order valence-electron chi connectivity index (χ0n) is 9.78. The van der Waals surface area contributed by atoms with Crippen LogP contribution in [0.4, 0.5) is 13.2 Å². The van der Waals surface area contributed by atoms with Crippen molar-refractivity contribution in [3.05, 3.63) is 36.0 Å². The summed E-state index contributed by atoms with van der Waals surface area (Å²) in [5.41, 5.74) is -0.0518. The highest BCUT2D eigenvalue weighted by atomic mass is 19.4. The zero-order valence-corrected chi connectivity index (χ0v) is 9.78. The van der Waals surface area contributed by atoms with Gasteiger partial charge in [0.1, 0.15) is 0 Å². The van der Waals surface area contributed by atoms with Crippen LogP contribution in [0.15, 0.2) is 36.0 Å². The van der Waals surface area contributed by atoms with E-state index in [9.17, 15) is 13.2 Å². The maximum absolute atomic E-state index is 11.8. The quantitative estimate of drug-likeness (QED) is 0.571. The number of rotatable bonds is 2. The SMILES string of the molecule is C=C(/C=C\C(C)=C/C)C(F)(F)F.CCC. The van der Waals surface area contributed by atoms with E-state index in [0.29, 0.717) is 0 Å². The highest BCUT2D eigenvalue weighted by molar-refractivity contribution is 5.27. The van der Waals surface area contributed by atoms with Gasteiger partial charge in [-0.2, -0.15) is 13.2 Å². The van der Waals surface area contributed by atoms with E-state index in [1.807, 2.05) is 0 Å². The van der Waals surface area contributed by atoms with Gasteiger partial charge in [0.05, 0.1) is 0 Å². The Hall–Kier alpha value is -0.990. The molecule has 0 spiro atoms. The molecule has 0 amide bonds. The average molecular weight is 220 g/mol. The Morgan fingerprint density at radius 3 is 1.87 bits per heavy atom. The molecule has 0 aromatic heterocycles. The topological polar surface area (TPSA) is 0 Å². The summed E-state index contributed by atoms with van der Waals surface area (Å²) in [7, 11) is 0. The fourth-order valence-corrected chi connectivity index (χ4v) is 0.423. The van der Waals surface area contributed by atoms with E-state index in [4.69, 9.17) is 0 Å². The summed E-state index contributed by atoms with van der Waals surface area (Å²) >= 11 is 0. The van der Waals surface area contributed by atoms with Gasteiger partial charge in [-0.15, -0.1) is 0 Å². The molecule has 0 aromatic rings. The second kappa shape index (κ2) is 8.33. The Labute approximate surface area is 90.2 Å². The molecule has 0 nitrogen and oxygen atoms in total. The maximum atomic E-state index is 11.8. The van der Waals surface area contributed by atoms with Gasteiger partial charge in [-0.25, -0.2) is 0 Å². The van der Waals surface area contributed by atoms with Crippen LogP contribution in [0.5, 0.6) is 0 Å². The molecule has 0 aliphatic heterocycles. The molecule has 3 heteroatoms.